The Bertz CT molecular complexity index is 376. The van der Waals surface area contributed by atoms with Gasteiger partial charge in [-0.25, -0.2) is 0 Å². The van der Waals surface area contributed by atoms with Gasteiger partial charge in [0, 0.05) is 18.5 Å². The third-order valence-electron chi connectivity index (χ3n) is 2.42. The normalized spacial score (nSPS) is 13.9. The first kappa shape index (κ1) is 12.9. The van der Waals surface area contributed by atoms with E-state index >= 15 is 0 Å². The number of nitrogens with zero attached hydrogens (tertiary/aromatic N) is 1. The fraction of sp³-hybridized carbons (Fsp3) is 0.333. The van der Waals surface area contributed by atoms with E-state index in [2.05, 4.69) is 10.3 Å². The highest BCUT2D eigenvalue weighted by molar-refractivity contribution is 8.93. The molecule has 0 bridgehead atoms. The van der Waals surface area contributed by atoms with E-state index in [1.54, 1.807) is 0 Å². The van der Waals surface area contributed by atoms with Crippen LogP contribution in [-0.4, -0.2) is 24.7 Å². The largest absolute Gasteiger partial charge is 0.366 e. The number of rotatable bonds is 3. The standard InChI is InChI=1S/C12H14N2O.BrH/c15-11(10-5-2-1-3-6-10)9-14-12-7-4-8-13-12;/h1-3,5-6H,4,7-9H2,(H,13,14);1H. The van der Waals surface area contributed by atoms with Crippen LogP contribution >= 0.6 is 17.0 Å². The number of amidine groups is 1. The molecule has 1 aliphatic heterocycles. The summed E-state index contributed by atoms with van der Waals surface area (Å²) in [6, 6.07) is 9.33. The lowest BCUT2D eigenvalue weighted by Crippen LogP contribution is -2.28. The number of ketones is 1. The minimum Gasteiger partial charge on any atom is -0.366 e. The summed E-state index contributed by atoms with van der Waals surface area (Å²) < 4.78 is 0. The maximum absolute atomic E-state index is 11.7. The van der Waals surface area contributed by atoms with Crippen LogP contribution in [0.2, 0.25) is 0 Å². The second-order valence-corrected chi connectivity index (χ2v) is 3.57. The van der Waals surface area contributed by atoms with Crippen molar-refractivity contribution in [2.24, 2.45) is 4.99 Å². The van der Waals surface area contributed by atoms with E-state index in [-0.39, 0.29) is 22.8 Å². The summed E-state index contributed by atoms with van der Waals surface area (Å²) in [6.45, 7) is 1.24. The van der Waals surface area contributed by atoms with Crippen molar-refractivity contribution in [3.8, 4) is 0 Å². The summed E-state index contributed by atoms with van der Waals surface area (Å²) >= 11 is 0. The van der Waals surface area contributed by atoms with Crippen LogP contribution in [0.25, 0.3) is 0 Å². The number of hydrogen-bond acceptors (Lipinski definition) is 3. The topological polar surface area (TPSA) is 41.5 Å². The molecule has 0 amide bonds. The van der Waals surface area contributed by atoms with Crippen molar-refractivity contribution < 1.29 is 4.79 Å². The minimum atomic E-state index is 0. The van der Waals surface area contributed by atoms with Gasteiger partial charge >= 0.3 is 0 Å². The molecule has 0 aromatic heterocycles. The zero-order chi connectivity index (χ0) is 10.5. The van der Waals surface area contributed by atoms with Gasteiger partial charge in [0.2, 0.25) is 0 Å². The molecule has 1 N–H and O–H groups in total. The van der Waals surface area contributed by atoms with Crippen LogP contribution in [0.4, 0.5) is 0 Å². The molecule has 0 saturated heterocycles. The summed E-state index contributed by atoms with van der Waals surface area (Å²) in [5, 5.41) is 3.08. The van der Waals surface area contributed by atoms with Crippen molar-refractivity contribution in [2.75, 3.05) is 13.1 Å². The second kappa shape index (κ2) is 6.43. The molecule has 1 aromatic rings. The molecule has 0 unspecified atom stereocenters. The summed E-state index contributed by atoms with van der Waals surface area (Å²) in [5.41, 5.74) is 0.753. The van der Waals surface area contributed by atoms with Gasteiger partial charge in [-0.05, 0) is 6.42 Å². The maximum atomic E-state index is 11.7. The number of aliphatic imine (C=N–C) groups is 1. The zero-order valence-electron chi connectivity index (χ0n) is 8.98. The molecule has 0 radical (unpaired) electrons. The molecular formula is C12H15BrN2O. The third-order valence-corrected chi connectivity index (χ3v) is 2.42. The highest BCUT2D eigenvalue weighted by Gasteiger charge is 2.08. The molecule has 86 valence electrons. The summed E-state index contributed by atoms with van der Waals surface area (Å²) in [5.74, 6) is 1.09. The fourth-order valence-electron chi connectivity index (χ4n) is 1.59. The van der Waals surface area contributed by atoms with Crippen LogP contribution in [0.5, 0.6) is 0 Å². The second-order valence-electron chi connectivity index (χ2n) is 3.57. The smallest absolute Gasteiger partial charge is 0.181 e. The fourth-order valence-corrected chi connectivity index (χ4v) is 1.59. The van der Waals surface area contributed by atoms with E-state index in [1.165, 1.54) is 0 Å². The van der Waals surface area contributed by atoms with Gasteiger partial charge in [0.15, 0.2) is 5.78 Å². The number of benzene rings is 1. The molecule has 0 spiro atoms. The van der Waals surface area contributed by atoms with Crippen LogP contribution in [0.15, 0.2) is 35.3 Å². The third kappa shape index (κ3) is 3.45. The lowest BCUT2D eigenvalue weighted by Gasteiger charge is -2.04. The monoisotopic (exact) mass is 282 g/mol. The molecule has 0 fully saturated rings. The Balaban J connectivity index is 0.00000128. The first-order valence-electron chi connectivity index (χ1n) is 5.22. The number of hydrogen-bond donors (Lipinski definition) is 1. The van der Waals surface area contributed by atoms with Crippen LogP contribution < -0.4 is 5.32 Å². The van der Waals surface area contributed by atoms with Crippen LogP contribution in [0.3, 0.4) is 0 Å². The molecule has 0 atom stereocenters. The van der Waals surface area contributed by atoms with E-state index in [4.69, 9.17) is 0 Å². The first-order valence-corrected chi connectivity index (χ1v) is 5.22. The van der Waals surface area contributed by atoms with E-state index in [9.17, 15) is 4.79 Å². The van der Waals surface area contributed by atoms with Crippen molar-refractivity contribution in [1.82, 2.24) is 5.32 Å². The summed E-state index contributed by atoms with van der Waals surface area (Å²) in [7, 11) is 0. The number of carbonyl (C=O) groups is 1. The molecule has 1 aliphatic rings. The molecular weight excluding hydrogens is 268 g/mol. The van der Waals surface area contributed by atoms with Gasteiger partial charge in [0.25, 0.3) is 0 Å². The maximum Gasteiger partial charge on any atom is 0.181 e. The predicted molar refractivity (Wildman–Crippen MR) is 70.6 cm³/mol. The number of nitrogens with one attached hydrogen (secondary N) is 1. The average Bonchev–Trinajstić information content (AvgIpc) is 2.80. The van der Waals surface area contributed by atoms with Crippen LogP contribution in [0, 0.1) is 0 Å². The number of carbonyl (C=O) groups excluding carboxylic acids is 1. The molecule has 1 aromatic carbocycles. The molecule has 3 nitrogen and oxygen atoms in total. The van der Waals surface area contributed by atoms with Gasteiger partial charge < -0.3 is 5.32 Å². The summed E-state index contributed by atoms with van der Waals surface area (Å²) in [6.07, 6.45) is 2.07. The highest BCUT2D eigenvalue weighted by Crippen LogP contribution is 2.02. The van der Waals surface area contributed by atoms with Crippen molar-refractivity contribution >= 4 is 28.6 Å². The quantitative estimate of drug-likeness (QED) is 0.864. The Labute approximate surface area is 106 Å². The molecule has 1 heterocycles. The average molecular weight is 283 g/mol. The minimum absolute atomic E-state index is 0. The molecule has 16 heavy (non-hydrogen) atoms. The van der Waals surface area contributed by atoms with E-state index in [0.717, 1.165) is 30.8 Å². The Kier molecular flexibility index (Phi) is 5.19. The Morgan fingerprint density at radius 1 is 1.31 bits per heavy atom. The Morgan fingerprint density at radius 2 is 2.06 bits per heavy atom. The van der Waals surface area contributed by atoms with E-state index in [0.29, 0.717) is 6.54 Å². The molecule has 0 saturated carbocycles. The highest BCUT2D eigenvalue weighted by atomic mass is 79.9. The Morgan fingerprint density at radius 3 is 2.69 bits per heavy atom. The van der Waals surface area contributed by atoms with Gasteiger partial charge in [-0.2, -0.15) is 0 Å². The number of halogens is 1. The molecule has 2 rings (SSSR count). The predicted octanol–water partition coefficient (Wildman–Crippen LogP) is 2.23. The van der Waals surface area contributed by atoms with Crippen LogP contribution in [-0.2, 0) is 0 Å². The van der Waals surface area contributed by atoms with Gasteiger partial charge in [-0.1, -0.05) is 30.3 Å². The lowest BCUT2D eigenvalue weighted by atomic mass is 10.1. The van der Waals surface area contributed by atoms with Crippen molar-refractivity contribution in [3.05, 3.63) is 35.9 Å². The van der Waals surface area contributed by atoms with Crippen molar-refractivity contribution in [2.45, 2.75) is 12.8 Å². The van der Waals surface area contributed by atoms with Gasteiger partial charge in [-0.3, -0.25) is 9.79 Å². The Hall–Kier alpha value is -1.16. The van der Waals surface area contributed by atoms with Gasteiger partial charge in [-0.15, -0.1) is 17.0 Å². The van der Waals surface area contributed by atoms with Gasteiger partial charge in [0.05, 0.1) is 12.4 Å². The lowest BCUT2D eigenvalue weighted by molar-refractivity contribution is 0.0996. The van der Waals surface area contributed by atoms with E-state index in [1.807, 2.05) is 30.3 Å². The van der Waals surface area contributed by atoms with Crippen molar-refractivity contribution in [1.29, 1.82) is 0 Å². The van der Waals surface area contributed by atoms with Crippen LogP contribution in [0.1, 0.15) is 23.2 Å². The SMILES string of the molecule is Br.O=C(CNC1=NCCC1)c1ccccc1. The van der Waals surface area contributed by atoms with Gasteiger partial charge in [0.1, 0.15) is 0 Å². The van der Waals surface area contributed by atoms with E-state index < -0.39 is 0 Å². The van der Waals surface area contributed by atoms with Crippen molar-refractivity contribution in [3.63, 3.8) is 0 Å². The number of Topliss-reactive ketones (excluding diaryl/α,β-unsaturated/α-hetero) is 1. The molecule has 0 aliphatic carbocycles. The zero-order valence-corrected chi connectivity index (χ0v) is 10.7. The first-order chi connectivity index (χ1) is 7.36. The summed E-state index contributed by atoms with van der Waals surface area (Å²) in [4.78, 5) is 15.9. The molecule has 4 heteroatoms.